The molecule has 150 valence electrons. The number of nitrogens with zero attached hydrogens (tertiary/aromatic N) is 2. The Labute approximate surface area is 171 Å². The minimum Gasteiger partial charge on any atom is -0.368 e. The normalized spacial score (nSPS) is 20.2. The lowest BCUT2D eigenvalue weighted by atomic mass is 9.72. The Balaban J connectivity index is 1.41. The van der Waals surface area contributed by atoms with Crippen molar-refractivity contribution >= 4 is 22.9 Å². The summed E-state index contributed by atoms with van der Waals surface area (Å²) >= 11 is 1.77. The Morgan fingerprint density at radius 1 is 1.11 bits per heavy atom. The van der Waals surface area contributed by atoms with Crippen molar-refractivity contribution in [3.63, 3.8) is 0 Å². The lowest BCUT2D eigenvalue weighted by Crippen LogP contribution is -2.49. The maximum absolute atomic E-state index is 13.2. The second kappa shape index (κ2) is 7.51. The molecular weight excluding hydrogens is 371 g/mol. The fourth-order valence-electron chi connectivity index (χ4n) is 4.42. The third kappa shape index (κ3) is 3.82. The first-order valence-electron chi connectivity index (χ1n) is 10.2. The minimum absolute atomic E-state index is 0.186. The van der Waals surface area contributed by atoms with E-state index < -0.39 is 0 Å². The number of benzene rings is 1. The number of hydrogen-bond donors (Lipinski definition) is 0. The second-order valence-electron chi connectivity index (χ2n) is 9.11. The van der Waals surface area contributed by atoms with Crippen LogP contribution in [-0.4, -0.2) is 37.0 Å². The summed E-state index contributed by atoms with van der Waals surface area (Å²) in [6.45, 7) is 9.97. The quantitative estimate of drug-likeness (QED) is 0.708. The predicted molar refractivity (Wildman–Crippen MR) is 114 cm³/mol. The van der Waals surface area contributed by atoms with Crippen LogP contribution in [0.25, 0.3) is 0 Å². The summed E-state index contributed by atoms with van der Waals surface area (Å²) in [4.78, 5) is 18.8. The predicted octanol–water partition coefficient (Wildman–Crippen LogP) is 5.00. The largest absolute Gasteiger partial charge is 0.368 e. The van der Waals surface area contributed by atoms with E-state index in [4.69, 9.17) is 0 Å². The highest BCUT2D eigenvalue weighted by Crippen LogP contribution is 2.40. The third-order valence-corrected chi connectivity index (χ3v) is 7.42. The molecule has 2 heterocycles. The first-order chi connectivity index (χ1) is 13.3. The lowest BCUT2D eigenvalue weighted by molar-refractivity contribution is 0.0745. The summed E-state index contributed by atoms with van der Waals surface area (Å²) in [5.41, 5.74) is 3.58. The number of thiophene rings is 1. The van der Waals surface area contributed by atoms with Gasteiger partial charge in [0, 0.05) is 42.1 Å². The molecule has 1 saturated heterocycles. The van der Waals surface area contributed by atoms with Crippen LogP contribution in [0.5, 0.6) is 0 Å². The van der Waals surface area contributed by atoms with Crippen molar-refractivity contribution in [2.24, 2.45) is 11.3 Å². The number of halogens is 1. The SMILES string of the molecule is CC(C)(C)C1CCc2c(C(=O)N3CCN(c4ccc(F)cc4)CC3)csc2C1. The molecule has 1 unspecified atom stereocenters. The van der Waals surface area contributed by atoms with Gasteiger partial charge in [0.25, 0.3) is 5.91 Å². The Kier molecular flexibility index (Phi) is 5.21. The highest BCUT2D eigenvalue weighted by atomic mass is 32.1. The van der Waals surface area contributed by atoms with Crippen LogP contribution < -0.4 is 4.90 Å². The van der Waals surface area contributed by atoms with Gasteiger partial charge < -0.3 is 9.80 Å². The molecule has 2 aromatic rings. The zero-order valence-corrected chi connectivity index (χ0v) is 17.8. The van der Waals surface area contributed by atoms with E-state index in [0.717, 1.165) is 37.2 Å². The van der Waals surface area contributed by atoms with Crippen molar-refractivity contribution in [1.82, 2.24) is 4.90 Å². The van der Waals surface area contributed by atoms with Gasteiger partial charge >= 0.3 is 0 Å². The van der Waals surface area contributed by atoms with Crippen LogP contribution in [0.4, 0.5) is 10.1 Å². The van der Waals surface area contributed by atoms with E-state index in [1.165, 1.54) is 29.0 Å². The first kappa shape index (κ1) is 19.4. The molecule has 0 bridgehead atoms. The van der Waals surface area contributed by atoms with Crippen LogP contribution in [0, 0.1) is 17.2 Å². The molecule has 2 aliphatic rings. The summed E-state index contributed by atoms with van der Waals surface area (Å²) in [5, 5.41) is 2.09. The van der Waals surface area contributed by atoms with Gasteiger partial charge in [0.1, 0.15) is 5.82 Å². The van der Waals surface area contributed by atoms with E-state index >= 15 is 0 Å². The van der Waals surface area contributed by atoms with Crippen molar-refractivity contribution < 1.29 is 9.18 Å². The average molecular weight is 401 g/mol. The molecule has 0 spiro atoms. The second-order valence-corrected chi connectivity index (χ2v) is 10.1. The van der Waals surface area contributed by atoms with Gasteiger partial charge in [0.2, 0.25) is 0 Å². The molecule has 1 aromatic heterocycles. The molecule has 0 saturated carbocycles. The summed E-state index contributed by atoms with van der Waals surface area (Å²) in [7, 11) is 0. The van der Waals surface area contributed by atoms with Crippen LogP contribution in [0.15, 0.2) is 29.6 Å². The fraction of sp³-hybridized carbons (Fsp3) is 0.522. The molecule has 1 aliphatic carbocycles. The number of fused-ring (bicyclic) bond motifs is 1. The Bertz CT molecular complexity index is 844. The van der Waals surface area contributed by atoms with Crippen molar-refractivity contribution in [1.29, 1.82) is 0 Å². The van der Waals surface area contributed by atoms with Crippen LogP contribution in [0.2, 0.25) is 0 Å². The molecule has 3 nitrogen and oxygen atoms in total. The fourth-order valence-corrected chi connectivity index (χ4v) is 5.58. The Morgan fingerprint density at radius 2 is 1.79 bits per heavy atom. The van der Waals surface area contributed by atoms with Gasteiger partial charge in [-0.05, 0) is 60.4 Å². The van der Waals surface area contributed by atoms with Gasteiger partial charge in [-0.15, -0.1) is 11.3 Å². The summed E-state index contributed by atoms with van der Waals surface area (Å²) in [6.07, 6.45) is 3.30. The van der Waals surface area contributed by atoms with E-state index in [0.29, 0.717) is 24.4 Å². The van der Waals surface area contributed by atoms with Gasteiger partial charge in [0.05, 0.1) is 5.56 Å². The smallest absolute Gasteiger partial charge is 0.255 e. The van der Waals surface area contributed by atoms with E-state index in [-0.39, 0.29) is 11.7 Å². The van der Waals surface area contributed by atoms with Gasteiger partial charge in [-0.2, -0.15) is 0 Å². The molecule has 4 rings (SSSR count). The zero-order chi connectivity index (χ0) is 19.9. The van der Waals surface area contributed by atoms with E-state index in [1.54, 1.807) is 11.3 Å². The van der Waals surface area contributed by atoms with E-state index in [2.05, 4.69) is 31.1 Å². The number of rotatable bonds is 2. The molecule has 1 aliphatic heterocycles. The number of carbonyl (C=O) groups is 1. The standard InChI is InChI=1S/C23H29FN2OS/c1-23(2,3)16-4-9-19-20(15-28-21(19)14-16)22(27)26-12-10-25(11-13-26)18-7-5-17(24)6-8-18/h5-8,15-16H,4,9-14H2,1-3H3. The number of anilines is 1. The summed E-state index contributed by atoms with van der Waals surface area (Å²) in [6, 6.07) is 6.62. The molecule has 1 amide bonds. The Morgan fingerprint density at radius 3 is 2.43 bits per heavy atom. The molecular formula is C23H29FN2OS. The molecule has 1 fully saturated rings. The van der Waals surface area contributed by atoms with Crippen LogP contribution in [-0.2, 0) is 12.8 Å². The number of carbonyl (C=O) groups excluding carboxylic acids is 1. The highest BCUT2D eigenvalue weighted by Gasteiger charge is 2.33. The van der Waals surface area contributed by atoms with Gasteiger partial charge in [-0.3, -0.25) is 4.79 Å². The summed E-state index contributed by atoms with van der Waals surface area (Å²) in [5.74, 6) is 0.666. The molecule has 28 heavy (non-hydrogen) atoms. The lowest BCUT2D eigenvalue weighted by Gasteiger charge is -2.37. The topological polar surface area (TPSA) is 23.6 Å². The average Bonchev–Trinajstić information content (AvgIpc) is 3.11. The van der Waals surface area contributed by atoms with Gasteiger partial charge in [-0.1, -0.05) is 20.8 Å². The zero-order valence-electron chi connectivity index (χ0n) is 17.0. The van der Waals surface area contributed by atoms with Crippen molar-refractivity contribution in [3.8, 4) is 0 Å². The number of hydrogen-bond acceptors (Lipinski definition) is 3. The number of piperazine rings is 1. The number of amides is 1. The monoisotopic (exact) mass is 400 g/mol. The Hall–Kier alpha value is -1.88. The van der Waals surface area contributed by atoms with Crippen molar-refractivity contribution in [2.45, 2.75) is 40.0 Å². The first-order valence-corrected chi connectivity index (χ1v) is 11.1. The minimum atomic E-state index is -0.214. The molecule has 1 atom stereocenters. The summed E-state index contributed by atoms with van der Waals surface area (Å²) < 4.78 is 13.1. The van der Waals surface area contributed by atoms with Crippen LogP contribution in [0.1, 0.15) is 48.0 Å². The maximum Gasteiger partial charge on any atom is 0.255 e. The van der Waals surface area contributed by atoms with E-state index in [1.807, 2.05) is 17.0 Å². The molecule has 0 radical (unpaired) electrons. The van der Waals surface area contributed by atoms with Crippen molar-refractivity contribution in [3.05, 3.63) is 51.5 Å². The van der Waals surface area contributed by atoms with E-state index in [9.17, 15) is 9.18 Å². The molecule has 5 heteroatoms. The third-order valence-electron chi connectivity index (χ3n) is 6.37. The maximum atomic E-state index is 13.2. The van der Waals surface area contributed by atoms with Crippen molar-refractivity contribution in [2.75, 3.05) is 31.1 Å². The van der Waals surface area contributed by atoms with Gasteiger partial charge in [0.15, 0.2) is 0 Å². The highest BCUT2D eigenvalue weighted by molar-refractivity contribution is 7.10. The van der Waals surface area contributed by atoms with Crippen LogP contribution >= 0.6 is 11.3 Å². The van der Waals surface area contributed by atoms with Gasteiger partial charge in [-0.25, -0.2) is 4.39 Å². The molecule has 0 N–H and O–H groups in total. The van der Waals surface area contributed by atoms with Crippen LogP contribution in [0.3, 0.4) is 0 Å². The molecule has 1 aromatic carbocycles.